The Labute approximate surface area is 143 Å². The van der Waals surface area contributed by atoms with Crippen LogP contribution in [-0.2, 0) is 0 Å². The van der Waals surface area contributed by atoms with Crippen molar-refractivity contribution in [2.45, 2.75) is 0 Å². The second-order valence-electron chi connectivity index (χ2n) is 4.29. The number of hydrogen-bond acceptors (Lipinski definition) is 3. The van der Waals surface area contributed by atoms with Crippen molar-refractivity contribution in [3.63, 3.8) is 0 Å². The van der Waals surface area contributed by atoms with Gasteiger partial charge in [-0.15, -0.1) is 0 Å². The monoisotopic (exact) mass is 358 g/mol. The molecule has 0 amide bonds. The fraction of sp³-hybridized carbons (Fsp3) is 0.125. The first-order chi connectivity index (χ1) is 10.6. The van der Waals surface area contributed by atoms with E-state index in [1.165, 1.54) is 12.1 Å². The van der Waals surface area contributed by atoms with Crippen LogP contribution in [0.3, 0.4) is 0 Å². The van der Waals surface area contributed by atoms with Crippen LogP contribution in [0.15, 0.2) is 48.6 Å². The molecule has 0 spiro atoms. The molecule has 0 bridgehead atoms. The van der Waals surface area contributed by atoms with Crippen LogP contribution >= 0.6 is 34.8 Å². The van der Waals surface area contributed by atoms with E-state index in [4.69, 9.17) is 44.3 Å². The maximum Gasteiger partial charge on any atom is 0.157 e. The van der Waals surface area contributed by atoms with Crippen LogP contribution in [-0.4, -0.2) is 18.3 Å². The summed E-state index contributed by atoms with van der Waals surface area (Å²) in [5.74, 6) is 1.07. The summed E-state index contributed by atoms with van der Waals surface area (Å²) in [6.45, 7) is 0.691. The first kappa shape index (κ1) is 16.8. The molecule has 3 nitrogen and oxygen atoms in total. The zero-order valence-electron chi connectivity index (χ0n) is 11.4. The Bertz CT molecular complexity index is 631. The molecule has 6 heteroatoms. The van der Waals surface area contributed by atoms with Crippen LogP contribution in [0.1, 0.15) is 0 Å². The summed E-state index contributed by atoms with van der Waals surface area (Å²) in [6, 6.07) is 9.86. The van der Waals surface area contributed by atoms with Crippen molar-refractivity contribution >= 4 is 34.8 Å². The number of halogens is 3. The van der Waals surface area contributed by atoms with E-state index >= 15 is 0 Å². The van der Waals surface area contributed by atoms with E-state index in [2.05, 4.69) is 0 Å². The maximum absolute atomic E-state index is 9.32. The Morgan fingerprint density at radius 2 is 1.41 bits per heavy atom. The molecule has 2 aromatic carbocycles. The lowest BCUT2D eigenvalue weighted by molar-refractivity contribution is 0.350. The van der Waals surface area contributed by atoms with E-state index in [0.29, 0.717) is 17.4 Å². The van der Waals surface area contributed by atoms with Crippen molar-refractivity contribution < 1.29 is 14.6 Å². The fourth-order valence-corrected chi connectivity index (χ4v) is 2.34. The van der Waals surface area contributed by atoms with Gasteiger partial charge in [-0.2, -0.15) is 0 Å². The van der Waals surface area contributed by atoms with Crippen molar-refractivity contribution in [2.24, 2.45) is 0 Å². The molecule has 0 saturated heterocycles. The van der Waals surface area contributed by atoms with Crippen molar-refractivity contribution in [3.05, 3.63) is 63.6 Å². The molecule has 1 N–H and O–H groups in total. The van der Waals surface area contributed by atoms with Crippen LogP contribution in [0.4, 0.5) is 0 Å². The number of phenols is 1. The third-order valence-electron chi connectivity index (χ3n) is 2.63. The molecule has 0 aliphatic heterocycles. The Morgan fingerprint density at radius 3 is 2.00 bits per heavy atom. The zero-order valence-corrected chi connectivity index (χ0v) is 13.7. The Hall–Kier alpha value is -1.55. The van der Waals surface area contributed by atoms with Gasteiger partial charge >= 0.3 is 0 Å². The average Bonchev–Trinajstić information content (AvgIpc) is 2.46. The molecule has 0 saturated carbocycles. The molecule has 22 heavy (non-hydrogen) atoms. The van der Waals surface area contributed by atoms with E-state index in [-0.39, 0.29) is 22.4 Å². The standard InChI is InChI=1S/C16H13Cl3O3/c17-11-3-5-13(6-4-11)21-7-1-2-8-22-16-14(18)9-12(20)10-15(16)19/h1-6,9-10,20H,7-8H2. The molecule has 2 rings (SSSR count). The predicted molar refractivity (Wildman–Crippen MR) is 89.7 cm³/mol. The number of benzene rings is 2. The lowest BCUT2D eigenvalue weighted by atomic mass is 10.3. The molecule has 0 aromatic heterocycles. The van der Waals surface area contributed by atoms with Gasteiger partial charge in [-0.3, -0.25) is 0 Å². The van der Waals surface area contributed by atoms with E-state index in [1.54, 1.807) is 30.3 Å². The minimum absolute atomic E-state index is 0.00532. The number of aromatic hydroxyl groups is 1. The third kappa shape index (κ3) is 5.02. The summed E-state index contributed by atoms with van der Waals surface area (Å²) >= 11 is 17.7. The number of hydrogen-bond donors (Lipinski definition) is 1. The summed E-state index contributed by atoms with van der Waals surface area (Å²) in [5, 5.41) is 10.5. The molecular formula is C16H13Cl3O3. The molecule has 116 valence electrons. The normalized spacial score (nSPS) is 10.9. The van der Waals surface area contributed by atoms with Gasteiger partial charge < -0.3 is 14.6 Å². The van der Waals surface area contributed by atoms with E-state index in [1.807, 2.05) is 6.08 Å². The smallest absolute Gasteiger partial charge is 0.157 e. The first-order valence-corrected chi connectivity index (χ1v) is 7.54. The Morgan fingerprint density at radius 1 is 0.864 bits per heavy atom. The van der Waals surface area contributed by atoms with Gasteiger partial charge in [0.15, 0.2) is 5.75 Å². The quantitative estimate of drug-likeness (QED) is 0.705. The van der Waals surface area contributed by atoms with Gasteiger partial charge in [0, 0.05) is 17.2 Å². The molecule has 0 radical (unpaired) electrons. The maximum atomic E-state index is 9.32. The van der Waals surface area contributed by atoms with Crippen LogP contribution in [0, 0.1) is 0 Å². The topological polar surface area (TPSA) is 38.7 Å². The van der Waals surface area contributed by atoms with Gasteiger partial charge in [0.1, 0.15) is 24.7 Å². The summed E-state index contributed by atoms with van der Waals surface area (Å²) in [7, 11) is 0. The van der Waals surface area contributed by atoms with Gasteiger partial charge in [-0.1, -0.05) is 34.8 Å². The molecule has 0 heterocycles. The van der Waals surface area contributed by atoms with E-state index < -0.39 is 0 Å². The summed E-state index contributed by atoms with van der Waals surface area (Å²) in [5.41, 5.74) is 0. The highest BCUT2D eigenvalue weighted by Crippen LogP contribution is 2.36. The second-order valence-corrected chi connectivity index (χ2v) is 5.54. The van der Waals surface area contributed by atoms with Crippen molar-refractivity contribution in [3.8, 4) is 17.2 Å². The lowest BCUT2D eigenvalue weighted by Crippen LogP contribution is -1.97. The summed E-state index contributed by atoms with van der Waals surface area (Å²) < 4.78 is 10.9. The lowest BCUT2D eigenvalue weighted by Gasteiger charge is -2.08. The zero-order chi connectivity index (χ0) is 15.9. The Kier molecular flexibility index (Phi) is 6.25. The second kappa shape index (κ2) is 8.18. The molecule has 2 aromatic rings. The van der Waals surface area contributed by atoms with Crippen molar-refractivity contribution in [2.75, 3.05) is 13.2 Å². The van der Waals surface area contributed by atoms with E-state index in [9.17, 15) is 5.11 Å². The molecular weight excluding hydrogens is 347 g/mol. The van der Waals surface area contributed by atoms with Gasteiger partial charge in [-0.05, 0) is 36.4 Å². The molecule has 0 atom stereocenters. The SMILES string of the molecule is Oc1cc(Cl)c(OCC=CCOc2ccc(Cl)cc2)c(Cl)c1. The first-order valence-electron chi connectivity index (χ1n) is 6.40. The highest BCUT2D eigenvalue weighted by atomic mass is 35.5. The van der Waals surface area contributed by atoms with Crippen LogP contribution < -0.4 is 9.47 Å². The molecule has 0 unspecified atom stereocenters. The van der Waals surface area contributed by atoms with Gasteiger partial charge in [0.05, 0.1) is 10.0 Å². The number of rotatable bonds is 6. The molecule has 0 fully saturated rings. The fourth-order valence-electron chi connectivity index (χ4n) is 1.63. The Balaban J connectivity index is 1.78. The predicted octanol–water partition coefficient (Wildman–Crippen LogP) is 5.37. The highest BCUT2D eigenvalue weighted by Gasteiger charge is 2.08. The summed E-state index contributed by atoms with van der Waals surface area (Å²) in [4.78, 5) is 0. The molecule has 0 aliphatic rings. The largest absolute Gasteiger partial charge is 0.508 e. The van der Waals surface area contributed by atoms with Crippen LogP contribution in [0.25, 0.3) is 0 Å². The van der Waals surface area contributed by atoms with Gasteiger partial charge in [0.25, 0.3) is 0 Å². The van der Waals surface area contributed by atoms with Gasteiger partial charge in [-0.25, -0.2) is 0 Å². The van der Waals surface area contributed by atoms with Crippen LogP contribution in [0.2, 0.25) is 15.1 Å². The number of phenolic OH excluding ortho intramolecular Hbond substituents is 1. The average molecular weight is 360 g/mol. The van der Waals surface area contributed by atoms with Crippen molar-refractivity contribution in [1.82, 2.24) is 0 Å². The molecule has 0 aliphatic carbocycles. The van der Waals surface area contributed by atoms with Crippen LogP contribution in [0.5, 0.6) is 17.2 Å². The summed E-state index contributed by atoms with van der Waals surface area (Å²) in [6.07, 6.45) is 3.60. The van der Waals surface area contributed by atoms with E-state index in [0.717, 1.165) is 5.75 Å². The number of ether oxygens (including phenoxy) is 2. The minimum Gasteiger partial charge on any atom is -0.508 e. The minimum atomic E-state index is -0.00532. The third-order valence-corrected chi connectivity index (χ3v) is 3.45. The van der Waals surface area contributed by atoms with Gasteiger partial charge in [0.2, 0.25) is 0 Å². The highest BCUT2D eigenvalue weighted by molar-refractivity contribution is 6.37. The van der Waals surface area contributed by atoms with Crippen molar-refractivity contribution in [1.29, 1.82) is 0 Å².